The van der Waals surface area contributed by atoms with Crippen molar-refractivity contribution in [1.29, 1.82) is 0 Å². The molecule has 7 nitrogen and oxygen atoms in total. The van der Waals surface area contributed by atoms with Crippen LogP contribution in [-0.2, 0) is 0 Å². The second-order valence-electron chi connectivity index (χ2n) is 2.60. The molecule has 0 heterocycles. The molecule has 0 saturated heterocycles. The summed E-state index contributed by atoms with van der Waals surface area (Å²) in [6.07, 6.45) is 0. The van der Waals surface area contributed by atoms with Gasteiger partial charge in [0.2, 0.25) is 0 Å². The summed E-state index contributed by atoms with van der Waals surface area (Å²) in [6.45, 7) is 0. The van der Waals surface area contributed by atoms with E-state index in [1.54, 1.807) is 0 Å². The Morgan fingerprint density at radius 3 is 2.00 bits per heavy atom. The second-order valence-corrected chi connectivity index (χ2v) is 2.60. The molecular formula is C8H6NNaO6. The van der Waals surface area contributed by atoms with E-state index in [0.717, 1.165) is 12.1 Å². The number of nitro benzene ring substituents is 1. The molecule has 1 aromatic rings. The van der Waals surface area contributed by atoms with Crippen LogP contribution in [0.5, 0.6) is 0 Å². The first-order chi connectivity index (χ1) is 6.93. The molecule has 16 heavy (non-hydrogen) atoms. The molecule has 0 aliphatic rings. The predicted molar refractivity (Wildman–Crippen MR) is 54.2 cm³/mol. The second kappa shape index (κ2) is 5.59. The molecule has 0 aliphatic carbocycles. The van der Waals surface area contributed by atoms with Crippen LogP contribution in [0.15, 0.2) is 18.2 Å². The minimum atomic E-state index is -1.52. The molecule has 80 valence electrons. The Morgan fingerprint density at radius 2 is 1.62 bits per heavy atom. The van der Waals surface area contributed by atoms with Crippen LogP contribution < -0.4 is 0 Å². The molecule has 1 aromatic carbocycles. The molecule has 0 radical (unpaired) electrons. The van der Waals surface area contributed by atoms with Crippen LogP contribution in [0.4, 0.5) is 5.69 Å². The Bertz CT molecular complexity index is 458. The Morgan fingerprint density at radius 1 is 1.12 bits per heavy atom. The Balaban J connectivity index is 0.00000225. The van der Waals surface area contributed by atoms with Gasteiger partial charge in [0.1, 0.15) is 0 Å². The summed E-state index contributed by atoms with van der Waals surface area (Å²) in [7, 11) is 0. The van der Waals surface area contributed by atoms with E-state index in [1.807, 2.05) is 0 Å². The number of non-ortho nitro benzene ring substituents is 1. The first-order valence-corrected chi connectivity index (χ1v) is 3.68. The van der Waals surface area contributed by atoms with Crippen molar-refractivity contribution in [3.8, 4) is 0 Å². The molecule has 2 N–H and O–H groups in total. The molecule has 0 bridgehead atoms. The van der Waals surface area contributed by atoms with Gasteiger partial charge in [-0.2, -0.15) is 0 Å². The Labute approximate surface area is 111 Å². The number of benzene rings is 1. The standard InChI is InChI=1S/C8H5NO6.Na.H/c10-7(11)5-2-1-4(9(14)15)3-6(5)8(12)13;;/h1-3H,(H,10,11)(H,12,13);;. The first-order valence-electron chi connectivity index (χ1n) is 3.68. The van der Waals surface area contributed by atoms with E-state index in [4.69, 9.17) is 10.2 Å². The van der Waals surface area contributed by atoms with Crippen LogP contribution in [0, 0.1) is 10.1 Å². The Hall–Kier alpha value is -1.44. The van der Waals surface area contributed by atoms with Crippen LogP contribution >= 0.6 is 0 Å². The van der Waals surface area contributed by atoms with E-state index < -0.39 is 33.7 Å². The number of hydrogen-bond acceptors (Lipinski definition) is 4. The molecule has 0 amide bonds. The zero-order valence-electron chi connectivity index (χ0n) is 7.21. The van der Waals surface area contributed by atoms with Gasteiger partial charge in [-0.1, -0.05) is 0 Å². The summed E-state index contributed by atoms with van der Waals surface area (Å²) in [5.74, 6) is -2.96. The number of rotatable bonds is 3. The molecule has 0 fully saturated rings. The number of hydrogen-bond donors (Lipinski definition) is 2. The minimum absolute atomic E-state index is 0. The van der Waals surface area contributed by atoms with Gasteiger partial charge in [0.05, 0.1) is 16.1 Å². The quantitative estimate of drug-likeness (QED) is 0.443. The average molecular weight is 235 g/mol. The van der Waals surface area contributed by atoms with Crippen molar-refractivity contribution in [2.75, 3.05) is 0 Å². The van der Waals surface area contributed by atoms with E-state index in [9.17, 15) is 19.7 Å². The van der Waals surface area contributed by atoms with Gasteiger partial charge in [0.25, 0.3) is 5.69 Å². The van der Waals surface area contributed by atoms with Crippen LogP contribution in [0.3, 0.4) is 0 Å². The van der Waals surface area contributed by atoms with Gasteiger partial charge in [-0.05, 0) is 6.07 Å². The average Bonchev–Trinajstić information content (AvgIpc) is 2.16. The monoisotopic (exact) mass is 235 g/mol. The van der Waals surface area contributed by atoms with E-state index in [0.29, 0.717) is 6.07 Å². The van der Waals surface area contributed by atoms with Crippen LogP contribution in [0.25, 0.3) is 0 Å². The predicted octanol–water partition coefficient (Wildman–Crippen LogP) is 0.343. The van der Waals surface area contributed by atoms with Crippen molar-refractivity contribution in [2.45, 2.75) is 0 Å². The van der Waals surface area contributed by atoms with Crippen LogP contribution in [0.2, 0.25) is 0 Å². The summed E-state index contributed by atoms with van der Waals surface area (Å²) in [5.41, 5.74) is -1.54. The topological polar surface area (TPSA) is 118 Å². The number of nitro groups is 1. The van der Waals surface area contributed by atoms with Crippen molar-refractivity contribution in [3.05, 3.63) is 39.4 Å². The first kappa shape index (κ1) is 14.6. The molecule has 1 rings (SSSR count). The number of aromatic carboxylic acids is 2. The molecule has 0 aliphatic heterocycles. The molecule has 0 atom stereocenters. The maximum absolute atomic E-state index is 10.6. The maximum atomic E-state index is 10.6. The third-order valence-corrected chi connectivity index (χ3v) is 1.67. The fraction of sp³-hybridized carbons (Fsp3) is 0. The van der Waals surface area contributed by atoms with E-state index in [2.05, 4.69) is 0 Å². The van der Waals surface area contributed by atoms with Crippen molar-refractivity contribution in [1.82, 2.24) is 0 Å². The van der Waals surface area contributed by atoms with E-state index in [1.165, 1.54) is 0 Å². The van der Waals surface area contributed by atoms with Crippen molar-refractivity contribution < 1.29 is 24.7 Å². The van der Waals surface area contributed by atoms with Crippen LogP contribution in [0.1, 0.15) is 20.7 Å². The van der Waals surface area contributed by atoms with Gasteiger partial charge < -0.3 is 10.2 Å². The van der Waals surface area contributed by atoms with Gasteiger partial charge in [0.15, 0.2) is 0 Å². The number of carboxylic acids is 2. The molecule has 8 heteroatoms. The number of carboxylic acid groups (broad SMARTS) is 2. The van der Waals surface area contributed by atoms with Crippen LogP contribution in [-0.4, -0.2) is 56.6 Å². The fourth-order valence-corrected chi connectivity index (χ4v) is 1.01. The van der Waals surface area contributed by atoms with Crippen molar-refractivity contribution >= 4 is 47.2 Å². The molecule has 0 spiro atoms. The zero-order chi connectivity index (χ0) is 11.6. The molecule has 0 aromatic heterocycles. The molecule has 0 saturated carbocycles. The normalized spacial score (nSPS) is 9.00. The van der Waals surface area contributed by atoms with Gasteiger partial charge >= 0.3 is 41.5 Å². The third-order valence-electron chi connectivity index (χ3n) is 1.67. The van der Waals surface area contributed by atoms with E-state index in [-0.39, 0.29) is 29.6 Å². The summed E-state index contributed by atoms with van der Waals surface area (Å²) < 4.78 is 0. The number of carbonyl (C=O) groups is 2. The summed E-state index contributed by atoms with van der Waals surface area (Å²) >= 11 is 0. The SMILES string of the molecule is O=C(O)c1ccc([N+](=O)[O-])cc1C(=O)O.[NaH]. The van der Waals surface area contributed by atoms with Gasteiger partial charge in [-0.15, -0.1) is 0 Å². The summed E-state index contributed by atoms with van der Waals surface area (Å²) in [5, 5.41) is 27.6. The van der Waals surface area contributed by atoms with Gasteiger partial charge in [-0.3, -0.25) is 10.1 Å². The summed E-state index contributed by atoms with van der Waals surface area (Å²) in [4.78, 5) is 30.7. The Kier molecular flexibility index (Phi) is 5.09. The summed E-state index contributed by atoms with van der Waals surface area (Å²) in [6, 6.07) is 2.55. The zero-order valence-corrected chi connectivity index (χ0v) is 7.21. The molecular weight excluding hydrogens is 229 g/mol. The third kappa shape index (κ3) is 3.02. The van der Waals surface area contributed by atoms with Gasteiger partial charge in [-0.25, -0.2) is 9.59 Å². The van der Waals surface area contributed by atoms with Crippen molar-refractivity contribution in [2.24, 2.45) is 0 Å². The van der Waals surface area contributed by atoms with E-state index >= 15 is 0 Å². The van der Waals surface area contributed by atoms with Crippen molar-refractivity contribution in [3.63, 3.8) is 0 Å². The fourth-order valence-electron chi connectivity index (χ4n) is 1.01. The molecule has 0 unspecified atom stereocenters. The van der Waals surface area contributed by atoms with Gasteiger partial charge in [0, 0.05) is 12.1 Å². The number of nitrogens with zero attached hydrogens (tertiary/aromatic N) is 1.